The lowest BCUT2D eigenvalue weighted by molar-refractivity contribution is -0.132. The topological polar surface area (TPSA) is 79.7 Å². The van der Waals surface area contributed by atoms with Crippen LogP contribution in [0, 0.1) is 5.82 Å². The molecule has 150 valence electrons. The average molecular weight is 404 g/mol. The van der Waals surface area contributed by atoms with Gasteiger partial charge in [-0.2, -0.15) is 0 Å². The summed E-state index contributed by atoms with van der Waals surface area (Å²) in [4.78, 5) is 31.1. The number of hydrogen-bond acceptors (Lipinski definition) is 5. The Kier molecular flexibility index (Phi) is 5.02. The van der Waals surface area contributed by atoms with Crippen molar-refractivity contribution in [2.24, 2.45) is 0 Å². The van der Waals surface area contributed by atoms with Gasteiger partial charge in [-0.05, 0) is 30.3 Å². The normalized spacial score (nSPS) is 17.9. The van der Waals surface area contributed by atoms with Gasteiger partial charge in [0, 0.05) is 17.3 Å². The van der Waals surface area contributed by atoms with E-state index in [0.29, 0.717) is 5.75 Å². The molecule has 1 atom stereocenters. The first-order valence-corrected chi connectivity index (χ1v) is 9.14. The molecule has 7 heteroatoms. The Morgan fingerprint density at radius 1 is 1.07 bits per heavy atom. The van der Waals surface area contributed by atoms with Gasteiger partial charge in [-0.1, -0.05) is 36.4 Å². The molecule has 1 amide bonds. The van der Waals surface area contributed by atoms with Crippen LogP contribution in [0.4, 0.5) is 10.2 Å². The lowest BCUT2D eigenvalue weighted by atomic mass is 9.95. The minimum Gasteiger partial charge on any atom is -0.507 e. The minimum absolute atomic E-state index is 0.0757. The summed E-state index contributed by atoms with van der Waals surface area (Å²) in [5, 5.41) is 11.0. The fraction of sp³-hybridized carbons (Fsp3) is 0.0870. The van der Waals surface area contributed by atoms with Crippen molar-refractivity contribution in [3.8, 4) is 5.75 Å². The molecule has 2 aromatic carbocycles. The van der Waals surface area contributed by atoms with Crippen LogP contribution in [0.15, 0.2) is 78.5 Å². The predicted octanol–water partition coefficient (Wildman–Crippen LogP) is 3.86. The highest BCUT2D eigenvalue weighted by molar-refractivity contribution is 6.51. The number of benzene rings is 2. The fourth-order valence-electron chi connectivity index (χ4n) is 3.48. The van der Waals surface area contributed by atoms with Gasteiger partial charge >= 0.3 is 5.91 Å². The number of rotatable bonds is 4. The number of aromatic nitrogens is 1. The van der Waals surface area contributed by atoms with Gasteiger partial charge in [0.2, 0.25) is 0 Å². The van der Waals surface area contributed by atoms with E-state index in [4.69, 9.17) is 4.74 Å². The molecular weight excluding hydrogens is 387 g/mol. The second-order valence-electron chi connectivity index (χ2n) is 6.61. The Hall–Kier alpha value is -4.00. The van der Waals surface area contributed by atoms with Gasteiger partial charge in [0.1, 0.15) is 23.1 Å². The molecule has 2 heterocycles. The molecule has 1 fully saturated rings. The summed E-state index contributed by atoms with van der Waals surface area (Å²) in [5.41, 5.74) is 0.130. The molecule has 1 aromatic heterocycles. The number of ketones is 1. The Morgan fingerprint density at radius 2 is 1.83 bits per heavy atom. The van der Waals surface area contributed by atoms with Gasteiger partial charge in [-0.15, -0.1) is 0 Å². The number of aliphatic hydroxyl groups is 1. The fourth-order valence-corrected chi connectivity index (χ4v) is 3.48. The van der Waals surface area contributed by atoms with Crippen molar-refractivity contribution >= 4 is 23.3 Å². The van der Waals surface area contributed by atoms with E-state index < -0.39 is 29.3 Å². The number of amides is 1. The van der Waals surface area contributed by atoms with Crippen LogP contribution in [0.5, 0.6) is 5.75 Å². The molecule has 0 spiro atoms. The van der Waals surface area contributed by atoms with Gasteiger partial charge < -0.3 is 9.84 Å². The number of carbonyl (C=O) groups is 2. The van der Waals surface area contributed by atoms with Crippen LogP contribution < -0.4 is 9.64 Å². The maximum atomic E-state index is 14.7. The van der Waals surface area contributed by atoms with Gasteiger partial charge in [-0.3, -0.25) is 14.5 Å². The smallest absolute Gasteiger partial charge is 0.301 e. The summed E-state index contributed by atoms with van der Waals surface area (Å²) in [5.74, 6) is -2.21. The summed E-state index contributed by atoms with van der Waals surface area (Å²) in [7, 11) is 1.47. The summed E-state index contributed by atoms with van der Waals surface area (Å²) in [6, 6.07) is 15.9. The van der Waals surface area contributed by atoms with Crippen molar-refractivity contribution < 1.29 is 23.8 Å². The molecule has 0 saturated carbocycles. The number of nitrogens with zero attached hydrogens (tertiary/aromatic N) is 2. The molecule has 4 rings (SSSR count). The van der Waals surface area contributed by atoms with E-state index in [9.17, 15) is 19.1 Å². The van der Waals surface area contributed by atoms with Crippen molar-refractivity contribution in [2.45, 2.75) is 6.04 Å². The maximum absolute atomic E-state index is 14.7. The first kappa shape index (κ1) is 19.3. The van der Waals surface area contributed by atoms with E-state index in [1.54, 1.807) is 42.5 Å². The van der Waals surface area contributed by atoms with Gasteiger partial charge in [0.15, 0.2) is 0 Å². The highest BCUT2D eigenvalue weighted by atomic mass is 19.1. The zero-order chi connectivity index (χ0) is 21.3. The zero-order valence-electron chi connectivity index (χ0n) is 15.9. The van der Waals surface area contributed by atoms with Crippen molar-refractivity contribution in [1.29, 1.82) is 0 Å². The first-order valence-electron chi connectivity index (χ1n) is 9.14. The molecule has 0 unspecified atom stereocenters. The van der Waals surface area contributed by atoms with Crippen molar-refractivity contribution in [3.05, 3.63) is 95.4 Å². The Morgan fingerprint density at radius 3 is 2.53 bits per heavy atom. The van der Waals surface area contributed by atoms with E-state index in [-0.39, 0.29) is 22.5 Å². The highest BCUT2D eigenvalue weighted by Crippen LogP contribution is 2.42. The van der Waals surface area contributed by atoms with Crippen molar-refractivity contribution in [2.75, 3.05) is 12.0 Å². The van der Waals surface area contributed by atoms with E-state index >= 15 is 0 Å². The Labute approximate surface area is 171 Å². The summed E-state index contributed by atoms with van der Waals surface area (Å²) in [6.07, 6.45) is 1.47. The van der Waals surface area contributed by atoms with Crippen LogP contribution in [0.3, 0.4) is 0 Å². The van der Waals surface area contributed by atoms with Crippen LogP contribution in [-0.4, -0.2) is 28.9 Å². The standard InChI is InChI=1S/C23H17FN2O4/c1-30-15-8-6-7-14(13-15)21(27)19-20(16-9-2-3-10-17(16)24)26(23(29)22(19)28)18-11-4-5-12-25-18/h2-13,20,27H,1H3/t20-/m0/s1. The number of halogens is 1. The van der Waals surface area contributed by atoms with Crippen LogP contribution in [0.2, 0.25) is 0 Å². The second-order valence-corrected chi connectivity index (χ2v) is 6.61. The van der Waals surface area contributed by atoms with E-state index in [1.165, 1.54) is 37.6 Å². The third kappa shape index (κ3) is 3.20. The predicted molar refractivity (Wildman–Crippen MR) is 108 cm³/mol. The monoisotopic (exact) mass is 404 g/mol. The Bertz CT molecular complexity index is 1160. The third-order valence-corrected chi connectivity index (χ3v) is 4.88. The molecule has 1 aliphatic rings. The molecule has 0 aliphatic carbocycles. The number of anilines is 1. The SMILES string of the molecule is COc1cccc(C(O)=C2C(=O)C(=O)N(c3ccccn3)[C@H]2c2ccccc2F)c1. The lowest BCUT2D eigenvalue weighted by Gasteiger charge is -2.24. The molecule has 0 radical (unpaired) electrons. The maximum Gasteiger partial charge on any atom is 0.301 e. The highest BCUT2D eigenvalue weighted by Gasteiger charge is 2.48. The van der Waals surface area contributed by atoms with Gasteiger partial charge in [0.05, 0.1) is 18.7 Å². The number of aliphatic hydroxyl groups excluding tert-OH is 1. The molecular formula is C23H17FN2O4. The second kappa shape index (κ2) is 7.79. The van der Waals surface area contributed by atoms with E-state index in [2.05, 4.69) is 4.98 Å². The molecule has 0 bridgehead atoms. The molecule has 3 aromatic rings. The van der Waals surface area contributed by atoms with Crippen LogP contribution >= 0.6 is 0 Å². The first-order chi connectivity index (χ1) is 14.5. The molecule has 1 N–H and O–H groups in total. The lowest BCUT2D eigenvalue weighted by Crippen LogP contribution is -2.30. The average Bonchev–Trinajstić information content (AvgIpc) is 3.04. The van der Waals surface area contributed by atoms with Crippen molar-refractivity contribution in [1.82, 2.24) is 4.98 Å². The minimum atomic E-state index is -1.17. The van der Waals surface area contributed by atoms with E-state index in [0.717, 1.165) is 4.90 Å². The number of methoxy groups -OCH3 is 1. The van der Waals surface area contributed by atoms with Gasteiger partial charge in [-0.25, -0.2) is 9.37 Å². The zero-order valence-corrected chi connectivity index (χ0v) is 15.9. The largest absolute Gasteiger partial charge is 0.507 e. The van der Waals surface area contributed by atoms with Crippen molar-refractivity contribution in [3.63, 3.8) is 0 Å². The third-order valence-electron chi connectivity index (χ3n) is 4.88. The molecule has 30 heavy (non-hydrogen) atoms. The van der Waals surface area contributed by atoms with Gasteiger partial charge in [0.25, 0.3) is 5.78 Å². The quantitative estimate of drug-likeness (QED) is 0.406. The number of pyridine rings is 1. The number of Topliss-reactive ketones (excluding diaryl/α,β-unsaturated/α-hetero) is 1. The summed E-state index contributed by atoms with van der Waals surface area (Å²) >= 11 is 0. The van der Waals surface area contributed by atoms with Crippen LogP contribution in [0.1, 0.15) is 17.2 Å². The summed E-state index contributed by atoms with van der Waals surface area (Å²) < 4.78 is 19.9. The number of hydrogen-bond donors (Lipinski definition) is 1. The molecule has 1 saturated heterocycles. The molecule has 6 nitrogen and oxygen atoms in total. The number of carbonyl (C=O) groups excluding carboxylic acids is 2. The number of ether oxygens (including phenoxy) is 1. The van der Waals surface area contributed by atoms with Crippen LogP contribution in [0.25, 0.3) is 5.76 Å². The van der Waals surface area contributed by atoms with E-state index in [1.807, 2.05) is 0 Å². The summed E-state index contributed by atoms with van der Waals surface area (Å²) in [6.45, 7) is 0. The molecule has 1 aliphatic heterocycles. The Balaban J connectivity index is 1.97. The van der Waals surface area contributed by atoms with Crippen LogP contribution in [-0.2, 0) is 9.59 Å².